The summed E-state index contributed by atoms with van der Waals surface area (Å²) in [7, 11) is 0. The predicted octanol–water partition coefficient (Wildman–Crippen LogP) is 3.68. The maximum atomic E-state index is 13.4. The molecule has 1 fully saturated rings. The zero-order chi connectivity index (χ0) is 22.3. The van der Waals surface area contributed by atoms with Gasteiger partial charge in [0.1, 0.15) is 5.54 Å². The number of carbonyl (C=O) groups is 3. The zero-order valence-electron chi connectivity index (χ0n) is 18.3. The minimum atomic E-state index is -1.07. The number of hydrogen-bond acceptors (Lipinski definition) is 3. The number of amides is 3. The Bertz CT molecular complexity index is 895. The molecule has 0 saturated heterocycles. The first-order valence-corrected chi connectivity index (χ1v) is 11.0. The highest BCUT2D eigenvalue weighted by Gasteiger charge is 2.42. The molecule has 6 nitrogen and oxygen atoms in total. The summed E-state index contributed by atoms with van der Waals surface area (Å²) in [5.41, 5.74) is 0.0459. The molecule has 0 bridgehead atoms. The molecule has 0 heterocycles. The van der Waals surface area contributed by atoms with E-state index in [2.05, 4.69) is 10.6 Å². The van der Waals surface area contributed by atoms with Crippen molar-refractivity contribution in [2.24, 2.45) is 0 Å². The average molecular weight is 422 g/mol. The van der Waals surface area contributed by atoms with Crippen LogP contribution in [0, 0.1) is 0 Å². The topological polar surface area (TPSA) is 78.5 Å². The molecule has 1 aliphatic rings. The number of nitrogens with one attached hydrogen (secondary N) is 2. The summed E-state index contributed by atoms with van der Waals surface area (Å²) >= 11 is 0. The van der Waals surface area contributed by atoms with Crippen LogP contribution in [0.5, 0.6) is 0 Å². The second kappa shape index (κ2) is 10.2. The Morgan fingerprint density at radius 2 is 1.55 bits per heavy atom. The van der Waals surface area contributed by atoms with Gasteiger partial charge in [-0.05, 0) is 50.5 Å². The van der Waals surface area contributed by atoms with Crippen molar-refractivity contribution in [2.75, 3.05) is 11.4 Å². The standard InChI is InChI=1S/C25H31N3O3/c1-3-25(2,24(31)27-20-14-10-11-15-20)28(21-16-8-5-9-17-21)22(29)18-26-23(30)19-12-6-4-7-13-19/h4-9,12-13,16-17,20H,3,10-11,14-15,18H2,1-2H3,(H,26,30)(H,27,31). The van der Waals surface area contributed by atoms with Crippen molar-refractivity contribution in [3.8, 4) is 0 Å². The lowest BCUT2D eigenvalue weighted by Crippen LogP contribution is -2.61. The fourth-order valence-corrected chi connectivity index (χ4v) is 4.04. The van der Waals surface area contributed by atoms with Crippen LogP contribution in [0.1, 0.15) is 56.3 Å². The molecule has 0 aliphatic heterocycles. The van der Waals surface area contributed by atoms with E-state index in [4.69, 9.17) is 0 Å². The maximum absolute atomic E-state index is 13.4. The summed E-state index contributed by atoms with van der Waals surface area (Å²) in [6.07, 6.45) is 4.61. The Balaban J connectivity index is 1.81. The molecule has 1 unspecified atom stereocenters. The molecule has 3 rings (SSSR count). The first-order valence-electron chi connectivity index (χ1n) is 11.0. The van der Waals surface area contributed by atoms with Gasteiger partial charge in [0.25, 0.3) is 5.91 Å². The van der Waals surface area contributed by atoms with E-state index in [-0.39, 0.29) is 30.3 Å². The fourth-order valence-electron chi connectivity index (χ4n) is 4.04. The van der Waals surface area contributed by atoms with E-state index < -0.39 is 5.54 Å². The lowest BCUT2D eigenvalue weighted by atomic mass is 9.93. The van der Waals surface area contributed by atoms with E-state index in [1.165, 1.54) is 4.90 Å². The van der Waals surface area contributed by atoms with E-state index in [0.29, 0.717) is 17.7 Å². The number of hydrogen-bond donors (Lipinski definition) is 2. The number of para-hydroxylation sites is 1. The van der Waals surface area contributed by atoms with Crippen molar-refractivity contribution in [3.05, 3.63) is 66.2 Å². The highest BCUT2D eigenvalue weighted by atomic mass is 16.2. The molecule has 1 saturated carbocycles. The number of benzene rings is 2. The van der Waals surface area contributed by atoms with Gasteiger partial charge >= 0.3 is 0 Å². The van der Waals surface area contributed by atoms with E-state index in [0.717, 1.165) is 25.7 Å². The molecule has 31 heavy (non-hydrogen) atoms. The molecule has 2 aromatic rings. The summed E-state index contributed by atoms with van der Waals surface area (Å²) < 4.78 is 0. The highest BCUT2D eigenvalue weighted by molar-refractivity contribution is 6.06. The summed E-state index contributed by atoms with van der Waals surface area (Å²) in [6, 6.07) is 18.1. The lowest BCUT2D eigenvalue weighted by molar-refractivity contribution is -0.130. The monoisotopic (exact) mass is 421 g/mol. The molecular formula is C25H31N3O3. The van der Waals surface area contributed by atoms with Crippen LogP contribution in [0.4, 0.5) is 5.69 Å². The fraction of sp³-hybridized carbons (Fsp3) is 0.400. The second-order valence-corrected chi connectivity index (χ2v) is 8.20. The van der Waals surface area contributed by atoms with Crippen LogP contribution in [0.2, 0.25) is 0 Å². The zero-order valence-corrected chi connectivity index (χ0v) is 18.3. The molecule has 2 aromatic carbocycles. The minimum absolute atomic E-state index is 0.156. The largest absolute Gasteiger partial charge is 0.351 e. The Morgan fingerprint density at radius 3 is 2.13 bits per heavy atom. The van der Waals surface area contributed by atoms with E-state index in [9.17, 15) is 14.4 Å². The van der Waals surface area contributed by atoms with Gasteiger partial charge in [-0.15, -0.1) is 0 Å². The first-order chi connectivity index (χ1) is 15.0. The van der Waals surface area contributed by atoms with E-state index in [1.54, 1.807) is 31.2 Å². The van der Waals surface area contributed by atoms with Gasteiger partial charge in [0.2, 0.25) is 11.8 Å². The van der Waals surface area contributed by atoms with Crippen molar-refractivity contribution in [3.63, 3.8) is 0 Å². The van der Waals surface area contributed by atoms with Crippen molar-refractivity contribution in [1.29, 1.82) is 0 Å². The van der Waals surface area contributed by atoms with Gasteiger partial charge in [0.15, 0.2) is 0 Å². The van der Waals surface area contributed by atoms with Gasteiger partial charge in [0, 0.05) is 17.3 Å². The van der Waals surface area contributed by atoms with Gasteiger partial charge in [-0.1, -0.05) is 56.2 Å². The van der Waals surface area contributed by atoms with Gasteiger partial charge in [0.05, 0.1) is 6.54 Å². The summed E-state index contributed by atoms with van der Waals surface area (Å²) in [5.74, 6) is -0.814. The van der Waals surface area contributed by atoms with Crippen molar-refractivity contribution < 1.29 is 14.4 Å². The molecule has 1 atom stereocenters. The SMILES string of the molecule is CCC(C)(C(=O)NC1CCCC1)N(C(=O)CNC(=O)c1ccccc1)c1ccccc1. The number of rotatable bonds is 8. The van der Waals surface area contributed by atoms with Gasteiger partial charge in [-0.3, -0.25) is 19.3 Å². The normalized spacial score (nSPS) is 15.7. The van der Waals surface area contributed by atoms with E-state index in [1.807, 2.05) is 43.3 Å². The number of anilines is 1. The molecule has 6 heteroatoms. The molecule has 0 aromatic heterocycles. The second-order valence-electron chi connectivity index (χ2n) is 8.20. The lowest BCUT2D eigenvalue weighted by Gasteiger charge is -2.40. The summed E-state index contributed by atoms with van der Waals surface area (Å²) in [4.78, 5) is 40.7. The van der Waals surface area contributed by atoms with Crippen LogP contribution in [0.3, 0.4) is 0 Å². The molecule has 164 valence electrons. The van der Waals surface area contributed by atoms with Crippen molar-refractivity contribution in [2.45, 2.75) is 57.5 Å². The Hall–Kier alpha value is -3.15. The molecule has 3 amide bonds. The number of carbonyl (C=O) groups excluding carboxylic acids is 3. The van der Waals surface area contributed by atoms with Crippen LogP contribution >= 0.6 is 0 Å². The smallest absolute Gasteiger partial charge is 0.251 e. The third-order valence-electron chi connectivity index (χ3n) is 6.06. The van der Waals surface area contributed by atoms with Crippen LogP contribution in [-0.2, 0) is 9.59 Å². The Labute approximate surface area is 184 Å². The van der Waals surface area contributed by atoms with Gasteiger partial charge < -0.3 is 10.6 Å². The van der Waals surface area contributed by atoms with Crippen LogP contribution < -0.4 is 15.5 Å². The Morgan fingerprint density at radius 1 is 0.968 bits per heavy atom. The molecular weight excluding hydrogens is 390 g/mol. The van der Waals surface area contributed by atoms with Crippen molar-refractivity contribution >= 4 is 23.4 Å². The van der Waals surface area contributed by atoms with Crippen LogP contribution in [0.15, 0.2) is 60.7 Å². The predicted molar refractivity (Wildman–Crippen MR) is 122 cm³/mol. The minimum Gasteiger partial charge on any atom is -0.351 e. The molecule has 0 spiro atoms. The molecule has 1 aliphatic carbocycles. The van der Waals surface area contributed by atoms with Gasteiger partial charge in [-0.2, -0.15) is 0 Å². The summed E-state index contributed by atoms with van der Waals surface area (Å²) in [6.45, 7) is 3.50. The average Bonchev–Trinajstić information content (AvgIpc) is 3.31. The van der Waals surface area contributed by atoms with Crippen molar-refractivity contribution in [1.82, 2.24) is 10.6 Å². The van der Waals surface area contributed by atoms with E-state index >= 15 is 0 Å². The maximum Gasteiger partial charge on any atom is 0.251 e. The first kappa shape index (κ1) is 22.5. The molecule has 2 N–H and O–H groups in total. The Kier molecular flexibility index (Phi) is 7.45. The van der Waals surface area contributed by atoms with Gasteiger partial charge in [-0.25, -0.2) is 0 Å². The number of nitrogens with zero attached hydrogens (tertiary/aromatic N) is 1. The third-order valence-corrected chi connectivity index (χ3v) is 6.06. The summed E-state index contributed by atoms with van der Waals surface area (Å²) in [5, 5.41) is 5.84. The highest BCUT2D eigenvalue weighted by Crippen LogP contribution is 2.29. The third kappa shape index (κ3) is 5.32. The quantitative estimate of drug-likeness (QED) is 0.683. The molecule has 0 radical (unpaired) electrons. The van der Waals surface area contributed by atoms with Crippen LogP contribution in [-0.4, -0.2) is 35.8 Å². The van der Waals surface area contributed by atoms with Crippen LogP contribution in [0.25, 0.3) is 0 Å².